The van der Waals surface area contributed by atoms with Gasteiger partial charge < -0.3 is 5.11 Å². The maximum atomic E-state index is 12.6. The van der Waals surface area contributed by atoms with Crippen LogP contribution in [0.2, 0.25) is 0 Å². The zero-order chi connectivity index (χ0) is 18.7. The second-order valence-electron chi connectivity index (χ2n) is 5.94. The third-order valence-corrected chi connectivity index (χ3v) is 6.49. The van der Waals surface area contributed by atoms with Crippen LogP contribution >= 0.6 is 11.3 Å². The molecule has 0 fully saturated rings. The first-order chi connectivity index (χ1) is 12.4. The fourth-order valence-electron chi connectivity index (χ4n) is 2.79. The van der Waals surface area contributed by atoms with Gasteiger partial charge >= 0.3 is 0 Å². The molecule has 0 aliphatic rings. The molecule has 0 saturated carbocycles. The van der Waals surface area contributed by atoms with Crippen molar-refractivity contribution in [2.75, 3.05) is 5.75 Å². The number of benzene rings is 2. The number of thiophene rings is 1. The Labute approximate surface area is 154 Å². The van der Waals surface area contributed by atoms with Gasteiger partial charge in [-0.2, -0.15) is 0 Å². The molecular weight excluding hydrogens is 374 g/mol. The second kappa shape index (κ2) is 7.45. The highest BCUT2D eigenvalue weighted by molar-refractivity contribution is 7.90. The molecule has 1 heterocycles. The summed E-state index contributed by atoms with van der Waals surface area (Å²) in [5, 5.41) is 22.6. The van der Waals surface area contributed by atoms with Gasteiger partial charge in [0.25, 0.3) is 0 Å². The van der Waals surface area contributed by atoms with Gasteiger partial charge in [-0.3, -0.25) is 10.0 Å². The van der Waals surface area contributed by atoms with E-state index in [0.29, 0.717) is 16.2 Å². The number of amides is 1. The van der Waals surface area contributed by atoms with Crippen LogP contribution in [0.1, 0.15) is 17.2 Å². The quantitative estimate of drug-likeness (QED) is 0.367. The second-order valence-corrected chi connectivity index (χ2v) is 9.00. The molecule has 0 radical (unpaired) electrons. The molecule has 0 spiro atoms. The Bertz CT molecular complexity index is 1030. The molecule has 0 aliphatic heterocycles. The lowest BCUT2D eigenvalue weighted by molar-refractivity contribution is -0.158. The predicted octanol–water partition coefficient (Wildman–Crippen LogP) is 3.11. The molecule has 1 aromatic heterocycles. The van der Waals surface area contributed by atoms with Crippen LogP contribution in [0, 0.1) is 0 Å². The standard InChI is InChI=1S/C18H17NO5S2/c20-12-19(22)17(14-2-1-3-16(21)9-14)11-26(23,24)10-13-4-5-18-15(8-13)6-7-25-18/h1-9,12,17,21-22H,10-11H2. The number of carbonyl (C=O) groups is 1. The molecular formula is C18H17NO5S2. The third kappa shape index (κ3) is 4.21. The van der Waals surface area contributed by atoms with Gasteiger partial charge in [0.1, 0.15) is 5.75 Å². The van der Waals surface area contributed by atoms with Crippen LogP contribution in [0.5, 0.6) is 5.75 Å². The molecule has 0 aliphatic carbocycles. The van der Waals surface area contributed by atoms with Crippen molar-refractivity contribution in [1.82, 2.24) is 5.06 Å². The number of aromatic hydroxyl groups is 1. The van der Waals surface area contributed by atoms with E-state index in [1.807, 2.05) is 23.6 Å². The lowest BCUT2D eigenvalue weighted by Gasteiger charge is -2.23. The number of phenols is 1. The van der Waals surface area contributed by atoms with Gasteiger partial charge in [0.15, 0.2) is 9.84 Å². The molecule has 1 amide bonds. The normalized spacial score (nSPS) is 12.8. The number of rotatable bonds is 7. The van der Waals surface area contributed by atoms with E-state index in [1.54, 1.807) is 23.5 Å². The van der Waals surface area contributed by atoms with Crippen LogP contribution in [0.15, 0.2) is 53.9 Å². The summed E-state index contributed by atoms with van der Waals surface area (Å²) in [5.41, 5.74) is 0.970. The van der Waals surface area contributed by atoms with Crippen molar-refractivity contribution in [2.24, 2.45) is 0 Å². The average Bonchev–Trinajstić information content (AvgIpc) is 3.06. The summed E-state index contributed by atoms with van der Waals surface area (Å²) in [6.07, 6.45) is 0.154. The average molecular weight is 391 g/mol. The number of hydroxylamine groups is 2. The number of sulfone groups is 1. The highest BCUT2D eigenvalue weighted by atomic mass is 32.2. The predicted molar refractivity (Wildman–Crippen MR) is 99.9 cm³/mol. The van der Waals surface area contributed by atoms with Crippen LogP contribution in [-0.2, 0) is 20.4 Å². The topological polar surface area (TPSA) is 94.9 Å². The molecule has 0 bridgehead atoms. The lowest BCUT2D eigenvalue weighted by atomic mass is 10.1. The largest absolute Gasteiger partial charge is 0.508 e. The molecule has 8 heteroatoms. The Hall–Kier alpha value is -2.42. The Morgan fingerprint density at radius 3 is 2.69 bits per heavy atom. The van der Waals surface area contributed by atoms with E-state index in [9.17, 15) is 23.5 Å². The van der Waals surface area contributed by atoms with Crippen LogP contribution in [-0.4, -0.2) is 36.0 Å². The van der Waals surface area contributed by atoms with Gasteiger partial charge in [0.2, 0.25) is 6.41 Å². The monoisotopic (exact) mass is 391 g/mol. The lowest BCUT2D eigenvalue weighted by Crippen LogP contribution is -2.30. The first-order valence-corrected chi connectivity index (χ1v) is 10.5. The molecule has 136 valence electrons. The Morgan fingerprint density at radius 2 is 1.96 bits per heavy atom. The van der Waals surface area contributed by atoms with Crippen molar-refractivity contribution in [3.8, 4) is 5.75 Å². The van der Waals surface area contributed by atoms with Crippen molar-refractivity contribution in [1.29, 1.82) is 0 Å². The summed E-state index contributed by atoms with van der Waals surface area (Å²) < 4.78 is 26.4. The van der Waals surface area contributed by atoms with E-state index < -0.39 is 21.6 Å². The first-order valence-electron chi connectivity index (χ1n) is 7.76. The number of phenolic OH excluding ortho intramolecular Hbond substituents is 1. The highest BCUT2D eigenvalue weighted by Crippen LogP contribution is 2.26. The van der Waals surface area contributed by atoms with E-state index >= 15 is 0 Å². The molecule has 26 heavy (non-hydrogen) atoms. The number of carbonyl (C=O) groups excluding carboxylic acids is 1. The highest BCUT2D eigenvalue weighted by Gasteiger charge is 2.26. The summed E-state index contributed by atoms with van der Waals surface area (Å²) in [5.74, 6) is -0.749. The number of hydrogen-bond donors (Lipinski definition) is 2. The summed E-state index contributed by atoms with van der Waals surface area (Å²) in [4.78, 5) is 11.0. The van der Waals surface area contributed by atoms with Crippen molar-refractivity contribution < 1.29 is 23.5 Å². The fraction of sp³-hybridized carbons (Fsp3) is 0.167. The van der Waals surface area contributed by atoms with Crippen LogP contribution in [0.3, 0.4) is 0 Å². The molecule has 1 atom stereocenters. The first kappa shape index (κ1) is 18.4. The molecule has 1 unspecified atom stereocenters. The van der Waals surface area contributed by atoms with E-state index in [2.05, 4.69) is 0 Å². The van der Waals surface area contributed by atoms with Gasteiger partial charge in [0, 0.05) is 4.70 Å². The van der Waals surface area contributed by atoms with Crippen molar-refractivity contribution in [3.05, 3.63) is 65.0 Å². The van der Waals surface area contributed by atoms with Gasteiger partial charge in [-0.1, -0.05) is 18.2 Å². The fourth-order valence-corrected chi connectivity index (χ4v) is 5.19. The molecule has 2 aromatic carbocycles. The third-order valence-electron chi connectivity index (χ3n) is 4.00. The Kier molecular flexibility index (Phi) is 5.26. The SMILES string of the molecule is O=CN(O)C(CS(=O)(=O)Cc1ccc2sccc2c1)c1cccc(O)c1. The summed E-state index contributed by atoms with van der Waals surface area (Å²) in [6.45, 7) is 0. The maximum absolute atomic E-state index is 12.6. The molecule has 2 N–H and O–H groups in total. The van der Waals surface area contributed by atoms with E-state index in [-0.39, 0.29) is 17.9 Å². The molecule has 6 nitrogen and oxygen atoms in total. The summed E-state index contributed by atoms with van der Waals surface area (Å²) in [7, 11) is -3.64. The number of fused-ring (bicyclic) bond motifs is 1. The Balaban J connectivity index is 1.85. The van der Waals surface area contributed by atoms with E-state index in [0.717, 1.165) is 10.1 Å². The minimum absolute atomic E-state index is 0.0768. The van der Waals surface area contributed by atoms with Gasteiger partial charge in [-0.05, 0) is 52.2 Å². The van der Waals surface area contributed by atoms with Crippen molar-refractivity contribution in [3.63, 3.8) is 0 Å². The molecule has 3 aromatic rings. The number of nitrogens with zero attached hydrogens (tertiary/aromatic N) is 1. The van der Waals surface area contributed by atoms with Gasteiger partial charge in [0.05, 0.1) is 17.5 Å². The van der Waals surface area contributed by atoms with E-state index in [1.165, 1.54) is 18.2 Å². The zero-order valence-electron chi connectivity index (χ0n) is 13.6. The van der Waals surface area contributed by atoms with Crippen molar-refractivity contribution >= 4 is 37.7 Å². The minimum Gasteiger partial charge on any atom is -0.508 e. The maximum Gasteiger partial charge on any atom is 0.233 e. The van der Waals surface area contributed by atoms with Gasteiger partial charge in [-0.15, -0.1) is 11.3 Å². The number of hydrogen-bond acceptors (Lipinski definition) is 6. The zero-order valence-corrected chi connectivity index (χ0v) is 15.3. The van der Waals surface area contributed by atoms with Gasteiger partial charge in [-0.25, -0.2) is 13.5 Å². The summed E-state index contributed by atoms with van der Waals surface area (Å²) in [6, 6.07) is 12.1. The van der Waals surface area contributed by atoms with Crippen LogP contribution < -0.4 is 0 Å². The Morgan fingerprint density at radius 1 is 1.15 bits per heavy atom. The van der Waals surface area contributed by atoms with E-state index in [4.69, 9.17) is 0 Å². The molecule has 3 rings (SSSR count). The summed E-state index contributed by atoms with van der Waals surface area (Å²) >= 11 is 1.58. The van der Waals surface area contributed by atoms with Crippen LogP contribution in [0.25, 0.3) is 10.1 Å². The smallest absolute Gasteiger partial charge is 0.233 e. The minimum atomic E-state index is -3.64. The molecule has 0 saturated heterocycles. The van der Waals surface area contributed by atoms with Crippen LogP contribution in [0.4, 0.5) is 0 Å². The van der Waals surface area contributed by atoms with Crippen molar-refractivity contribution in [2.45, 2.75) is 11.8 Å².